The van der Waals surface area contributed by atoms with Crippen LogP contribution in [0.5, 0.6) is 0 Å². The third-order valence-electron chi connectivity index (χ3n) is 4.85. The number of rotatable bonds is 9. The minimum absolute atomic E-state index is 0.205. The first-order chi connectivity index (χ1) is 13.7. The van der Waals surface area contributed by atoms with Crippen molar-refractivity contribution in [2.75, 3.05) is 5.32 Å². The molecule has 2 aromatic rings. The van der Waals surface area contributed by atoms with E-state index in [0.29, 0.717) is 17.7 Å². The van der Waals surface area contributed by atoms with Crippen LogP contribution in [0.15, 0.2) is 54.6 Å². The van der Waals surface area contributed by atoms with Gasteiger partial charge in [-0.25, -0.2) is 0 Å². The summed E-state index contributed by atoms with van der Waals surface area (Å²) in [6.07, 6.45) is 1.49. The van der Waals surface area contributed by atoms with E-state index >= 15 is 0 Å². The summed E-state index contributed by atoms with van der Waals surface area (Å²) in [6, 6.07) is 15.5. The molecule has 1 atom stereocenters. The first-order valence-electron chi connectivity index (χ1n) is 9.72. The van der Waals surface area contributed by atoms with Gasteiger partial charge in [-0.2, -0.15) is 0 Å². The Bertz CT molecular complexity index is 845. The highest BCUT2D eigenvalue weighted by Gasteiger charge is 2.29. The van der Waals surface area contributed by atoms with Gasteiger partial charge in [-0.1, -0.05) is 55.8 Å². The summed E-state index contributed by atoms with van der Waals surface area (Å²) >= 11 is 0. The van der Waals surface area contributed by atoms with Crippen molar-refractivity contribution in [1.29, 1.82) is 0 Å². The van der Waals surface area contributed by atoms with Gasteiger partial charge in [-0.3, -0.25) is 14.4 Å². The van der Waals surface area contributed by atoms with Crippen molar-refractivity contribution < 1.29 is 19.5 Å². The molecule has 0 aromatic heterocycles. The smallest absolute Gasteiger partial charge is 0.313 e. The van der Waals surface area contributed by atoms with Crippen molar-refractivity contribution in [1.82, 2.24) is 5.32 Å². The van der Waals surface area contributed by atoms with Gasteiger partial charge in [0.2, 0.25) is 11.8 Å². The Morgan fingerprint density at radius 2 is 1.62 bits per heavy atom. The minimum Gasteiger partial charge on any atom is -0.481 e. The highest BCUT2D eigenvalue weighted by atomic mass is 16.4. The molecule has 0 aliphatic heterocycles. The molecule has 29 heavy (non-hydrogen) atoms. The van der Waals surface area contributed by atoms with Crippen LogP contribution in [0.3, 0.4) is 0 Å². The molecule has 3 N–H and O–H groups in total. The van der Waals surface area contributed by atoms with Gasteiger partial charge in [0, 0.05) is 5.69 Å². The fraction of sp³-hybridized carbons (Fsp3) is 0.348. The largest absolute Gasteiger partial charge is 0.481 e. The monoisotopic (exact) mass is 396 g/mol. The van der Waals surface area contributed by atoms with E-state index < -0.39 is 17.4 Å². The lowest BCUT2D eigenvalue weighted by Crippen LogP contribution is -2.44. The number of carboxylic acid groups (broad SMARTS) is 1. The number of amides is 2. The molecule has 6 nitrogen and oxygen atoms in total. The molecule has 0 saturated carbocycles. The number of carbonyl (C=O) groups is 3. The summed E-state index contributed by atoms with van der Waals surface area (Å²) in [5, 5.41) is 14.9. The zero-order valence-corrected chi connectivity index (χ0v) is 17.1. The van der Waals surface area contributed by atoms with E-state index in [1.807, 2.05) is 37.3 Å². The van der Waals surface area contributed by atoms with Gasteiger partial charge in [0.1, 0.15) is 6.04 Å². The lowest BCUT2D eigenvalue weighted by atomic mass is 9.85. The van der Waals surface area contributed by atoms with E-state index in [1.54, 1.807) is 38.1 Å². The number of carbonyl (C=O) groups excluding carboxylic acids is 2. The fourth-order valence-corrected chi connectivity index (χ4v) is 2.91. The van der Waals surface area contributed by atoms with Gasteiger partial charge in [-0.15, -0.1) is 0 Å². The fourth-order valence-electron chi connectivity index (χ4n) is 2.91. The van der Waals surface area contributed by atoms with E-state index in [1.165, 1.54) is 0 Å². The Morgan fingerprint density at radius 1 is 1.00 bits per heavy atom. The van der Waals surface area contributed by atoms with Crippen LogP contribution in [-0.2, 0) is 26.2 Å². The topological polar surface area (TPSA) is 95.5 Å². The standard InChI is InChI=1S/C23H28N2O4/c1-4-8-19(25-20(26)15-16-9-6-5-7-10-16)21(27)24-18-13-11-17(12-14-18)23(2,3)22(28)29/h5-7,9-14,19H,4,8,15H2,1-3H3,(H,24,27)(H,25,26)(H,28,29). The highest BCUT2D eigenvalue weighted by molar-refractivity contribution is 5.97. The number of benzene rings is 2. The summed E-state index contributed by atoms with van der Waals surface area (Å²) in [7, 11) is 0. The molecule has 0 radical (unpaired) electrons. The third kappa shape index (κ3) is 6.17. The van der Waals surface area contributed by atoms with Crippen LogP contribution in [0.25, 0.3) is 0 Å². The first-order valence-corrected chi connectivity index (χ1v) is 9.72. The molecule has 2 rings (SSSR count). The van der Waals surface area contributed by atoms with Crippen molar-refractivity contribution in [2.45, 2.75) is 51.5 Å². The van der Waals surface area contributed by atoms with Gasteiger partial charge in [0.05, 0.1) is 11.8 Å². The van der Waals surface area contributed by atoms with Gasteiger partial charge in [-0.05, 0) is 43.5 Å². The Balaban J connectivity index is 2.01. The summed E-state index contributed by atoms with van der Waals surface area (Å²) in [4.78, 5) is 36.4. The minimum atomic E-state index is -1.02. The van der Waals surface area contributed by atoms with Crippen molar-refractivity contribution in [3.05, 3.63) is 65.7 Å². The number of anilines is 1. The Morgan fingerprint density at radius 3 is 2.17 bits per heavy atom. The van der Waals surface area contributed by atoms with E-state index in [2.05, 4.69) is 10.6 Å². The van der Waals surface area contributed by atoms with E-state index in [9.17, 15) is 19.5 Å². The molecule has 0 aliphatic rings. The number of nitrogens with one attached hydrogen (secondary N) is 2. The van der Waals surface area contributed by atoms with E-state index in [-0.39, 0.29) is 18.2 Å². The zero-order chi connectivity index (χ0) is 21.4. The van der Waals surface area contributed by atoms with Crippen LogP contribution < -0.4 is 10.6 Å². The second-order valence-electron chi connectivity index (χ2n) is 7.57. The second-order valence-corrected chi connectivity index (χ2v) is 7.57. The lowest BCUT2D eigenvalue weighted by molar-refractivity contribution is -0.142. The molecule has 154 valence electrons. The Labute approximate surface area is 171 Å². The quantitative estimate of drug-likeness (QED) is 0.604. The third-order valence-corrected chi connectivity index (χ3v) is 4.85. The number of carboxylic acids is 1. The van der Waals surface area contributed by atoms with Gasteiger partial charge >= 0.3 is 5.97 Å². The molecule has 0 bridgehead atoms. The molecule has 2 aromatic carbocycles. The second kappa shape index (κ2) is 9.87. The average Bonchev–Trinajstić information content (AvgIpc) is 2.68. The molecule has 0 spiro atoms. The van der Waals surface area contributed by atoms with Crippen LogP contribution in [0.4, 0.5) is 5.69 Å². The molecule has 6 heteroatoms. The predicted molar refractivity (Wildman–Crippen MR) is 113 cm³/mol. The molecule has 2 amide bonds. The zero-order valence-electron chi connectivity index (χ0n) is 17.1. The van der Waals surface area contributed by atoms with Crippen molar-refractivity contribution in [3.63, 3.8) is 0 Å². The van der Waals surface area contributed by atoms with Gasteiger partial charge in [0.15, 0.2) is 0 Å². The van der Waals surface area contributed by atoms with Crippen molar-refractivity contribution in [2.24, 2.45) is 0 Å². The molecule has 0 heterocycles. The summed E-state index contributed by atoms with van der Waals surface area (Å²) < 4.78 is 0. The summed E-state index contributed by atoms with van der Waals surface area (Å²) in [5.74, 6) is -1.42. The Hall–Kier alpha value is -3.15. The predicted octanol–water partition coefficient (Wildman–Crippen LogP) is 3.51. The molecule has 1 unspecified atom stereocenters. The maximum atomic E-state index is 12.7. The van der Waals surface area contributed by atoms with E-state index in [4.69, 9.17) is 0 Å². The maximum absolute atomic E-state index is 12.7. The van der Waals surface area contributed by atoms with Crippen LogP contribution in [0, 0.1) is 0 Å². The highest BCUT2D eigenvalue weighted by Crippen LogP contribution is 2.24. The lowest BCUT2D eigenvalue weighted by Gasteiger charge is -2.21. The van der Waals surface area contributed by atoms with Crippen molar-refractivity contribution >= 4 is 23.5 Å². The average molecular weight is 396 g/mol. The number of hydrogen-bond donors (Lipinski definition) is 3. The molecular weight excluding hydrogens is 368 g/mol. The van der Waals surface area contributed by atoms with Crippen LogP contribution in [-0.4, -0.2) is 28.9 Å². The van der Waals surface area contributed by atoms with Crippen LogP contribution >= 0.6 is 0 Å². The Kier molecular flexibility index (Phi) is 7.53. The molecular formula is C23H28N2O4. The van der Waals surface area contributed by atoms with Crippen LogP contribution in [0.2, 0.25) is 0 Å². The molecule has 0 saturated heterocycles. The van der Waals surface area contributed by atoms with Gasteiger partial charge < -0.3 is 15.7 Å². The van der Waals surface area contributed by atoms with Gasteiger partial charge in [0.25, 0.3) is 0 Å². The van der Waals surface area contributed by atoms with Crippen molar-refractivity contribution in [3.8, 4) is 0 Å². The number of aliphatic carboxylic acids is 1. The molecule has 0 aliphatic carbocycles. The summed E-state index contributed by atoms with van der Waals surface area (Å²) in [6.45, 7) is 5.21. The van der Waals surface area contributed by atoms with Crippen LogP contribution in [0.1, 0.15) is 44.7 Å². The first kappa shape index (κ1) is 22.1. The normalized spacial score (nSPS) is 12.1. The molecule has 0 fully saturated rings. The van der Waals surface area contributed by atoms with E-state index in [0.717, 1.165) is 12.0 Å². The summed E-state index contributed by atoms with van der Waals surface area (Å²) in [5.41, 5.74) is 1.07. The SMILES string of the molecule is CCCC(NC(=O)Cc1ccccc1)C(=O)Nc1ccc(C(C)(C)C(=O)O)cc1. The number of hydrogen-bond acceptors (Lipinski definition) is 3. The maximum Gasteiger partial charge on any atom is 0.313 e.